The van der Waals surface area contributed by atoms with Crippen LogP contribution in [0.15, 0.2) is 18.2 Å². The number of hydrazine groups is 1. The Morgan fingerprint density at radius 1 is 1.25 bits per heavy atom. The van der Waals surface area contributed by atoms with Crippen LogP contribution in [0.5, 0.6) is 5.75 Å². The molecule has 1 atom stereocenters. The van der Waals surface area contributed by atoms with Gasteiger partial charge in [-0.3, -0.25) is 11.3 Å². The molecule has 0 amide bonds. The molecule has 3 nitrogen and oxygen atoms in total. The number of benzene rings is 1. The van der Waals surface area contributed by atoms with Crippen LogP contribution in [0, 0.1) is 11.7 Å². The van der Waals surface area contributed by atoms with Crippen molar-refractivity contribution < 1.29 is 9.13 Å². The van der Waals surface area contributed by atoms with Crippen LogP contribution in [0.1, 0.15) is 45.1 Å². The standard InChI is InChI=1S/C16H27FN2O/c1-4-7-12(8-5-2)14(19-18)11-13-9-6-10-15(20-3)16(13)17/h6,9-10,12,14,19H,4-5,7-8,11,18H2,1-3H3. The van der Waals surface area contributed by atoms with Gasteiger partial charge in [0.2, 0.25) is 0 Å². The minimum Gasteiger partial charge on any atom is -0.494 e. The molecule has 0 aliphatic carbocycles. The maximum absolute atomic E-state index is 14.2. The molecule has 0 heterocycles. The number of hydrogen-bond donors (Lipinski definition) is 2. The zero-order valence-corrected chi connectivity index (χ0v) is 12.8. The van der Waals surface area contributed by atoms with Gasteiger partial charge in [0, 0.05) is 6.04 Å². The van der Waals surface area contributed by atoms with Crippen LogP contribution in [0.2, 0.25) is 0 Å². The lowest BCUT2D eigenvalue weighted by molar-refractivity contribution is 0.307. The van der Waals surface area contributed by atoms with Crippen LogP contribution in [0.3, 0.4) is 0 Å². The molecule has 0 aromatic heterocycles. The lowest BCUT2D eigenvalue weighted by Gasteiger charge is -2.26. The number of nitrogens with two attached hydrogens (primary N) is 1. The highest BCUT2D eigenvalue weighted by Gasteiger charge is 2.21. The van der Waals surface area contributed by atoms with E-state index in [1.54, 1.807) is 12.1 Å². The van der Waals surface area contributed by atoms with Crippen molar-refractivity contribution in [3.8, 4) is 5.75 Å². The smallest absolute Gasteiger partial charge is 0.168 e. The van der Waals surface area contributed by atoms with Gasteiger partial charge in [-0.15, -0.1) is 0 Å². The molecule has 4 heteroatoms. The average Bonchev–Trinajstić information content (AvgIpc) is 2.46. The second-order valence-corrected chi connectivity index (χ2v) is 5.25. The summed E-state index contributed by atoms with van der Waals surface area (Å²) in [4.78, 5) is 0. The van der Waals surface area contributed by atoms with Crippen LogP contribution < -0.4 is 16.0 Å². The summed E-state index contributed by atoms with van der Waals surface area (Å²) in [5.41, 5.74) is 3.53. The van der Waals surface area contributed by atoms with Crippen molar-refractivity contribution in [2.75, 3.05) is 7.11 Å². The maximum Gasteiger partial charge on any atom is 0.168 e. The molecule has 1 unspecified atom stereocenters. The van der Waals surface area contributed by atoms with Crippen molar-refractivity contribution in [2.45, 2.75) is 52.0 Å². The maximum atomic E-state index is 14.2. The monoisotopic (exact) mass is 282 g/mol. The van der Waals surface area contributed by atoms with E-state index >= 15 is 0 Å². The third-order valence-corrected chi connectivity index (χ3v) is 3.81. The highest BCUT2D eigenvalue weighted by molar-refractivity contribution is 5.31. The lowest BCUT2D eigenvalue weighted by atomic mass is 9.87. The van der Waals surface area contributed by atoms with E-state index in [9.17, 15) is 4.39 Å². The summed E-state index contributed by atoms with van der Waals surface area (Å²) >= 11 is 0. The number of hydrogen-bond acceptors (Lipinski definition) is 3. The molecule has 1 aromatic rings. The molecule has 0 radical (unpaired) electrons. The van der Waals surface area contributed by atoms with Gasteiger partial charge in [0.25, 0.3) is 0 Å². The van der Waals surface area contributed by atoms with Crippen molar-refractivity contribution in [2.24, 2.45) is 11.8 Å². The Hall–Kier alpha value is -1.13. The van der Waals surface area contributed by atoms with Crippen molar-refractivity contribution in [3.05, 3.63) is 29.6 Å². The molecule has 1 aromatic carbocycles. The van der Waals surface area contributed by atoms with Crippen molar-refractivity contribution in [3.63, 3.8) is 0 Å². The second kappa shape index (κ2) is 8.93. The van der Waals surface area contributed by atoms with E-state index in [2.05, 4.69) is 19.3 Å². The predicted molar refractivity (Wildman–Crippen MR) is 81.1 cm³/mol. The third-order valence-electron chi connectivity index (χ3n) is 3.81. The summed E-state index contributed by atoms with van der Waals surface area (Å²) in [6, 6.07) is 5.35. The van der Waals surface area contributed by atoms with E-state index in [0.717, 1.165) is 25.7 Å². The van der Waals surface area contributed by atoms with E-state index in [4.69, 9.17) is 10.6 Å². The quantitative estimate of drug-likeness (QED) is 0.539. The average molecular weight is 282 g/mol. The molecule has 0 fully saturated rings. The van der Waals surface area contributed by atoms with Crippen molar-refractivity contribution in [1.29, 1.82) is 0 Å². The molecule has 1 rings (SSSR count). The van der Waals surface area contributed by atoms with Crippen LogP contribution >= 0.6 is 0 Å². The molecule has 3 N–H and O–H groups in total. The normalized spacial score (nSPS) is 12.7. The Bertz CT molecular complexity index is 392. The van der Waals surface area contributed by atoms with Gasteiger partial charge < -0.3 is 4.74 Å². The van der Waals surface area contributed by atoms with Crippen molar-refractivity contribution >= 4 is 0 Å². The second-order valence-electron chi connectivity index (χ2n) is 5.25. The lowest BCUT2D eigenvalue weighted by Crippen LogP contribution is -2.42. The fraction of sp³-hybridized carbons (Fsp3) is 0.625. The first-order chi connectivity index (χ1) is 9.67. The first-order valence-electron chi connectivity index (χ1n) is 7.45. The first-order valence-corrected chi connectivity index (χ1v) is 7.45. The Balaban J connectivity index is 2.86. The summed E-state index contributed by atoms with van der Waals surface area (Å²) < 4.78 is 19.2. The zero-order chi connectivity index (χ0) is 15.0. The van der Waals surface area contributed by atoms with E-state index in [0.29, 0.717) is 23.7 Å². The van der Waals surface area contributed by atoms with Crippen molar-refractivity contribution in [1.82, 2.24) is 5.43 Å². The van der Waals surface area contributed by atoms with E-state index < -0.39 is 0 Å². The molecule has 20 heavy (non-hydrogen) atoms. The summed E-state index contributed by atoms with van der Waals surface area (Å²) in [7, 11) is 1.48. The largest absolute Gasteiger partial charge is 0.494 e. The van der Waals surface area contributed by atoms with Crippen LogP contribution in [0.4, 0.5) is 4.39 Å². The van der Waals surface area contributed by atoms with Gasteiger partial charge in [-0.1, -0.05) is 38.8 Å². The first kappa shape index (κ1) is 16.9. The fourth-order valence-electron chi connectivity index (χ4n) is 2.76. The number of nitrogens with one attached hydrogen (secondary N) is 1. The number of halogens is 1. The van der Waals surface area contributed by atoms with E-state index in [-0.39, 0.29) is 11.9 Å². The number of rotatable bonds is 9. The fourth-order valence-corrected chi connectivity index (χ4v) is 2.76. The molecular weight excluding hydrogens is 255 g/mol. The summed E-state index contributed by atoms with van der Waals surface area (Å²) in [6.07, 6.45) is 5.03. The van der Waals surface area contributed by atoms with Gasteiger partial charge in [-0.05, 0) is 36.8 Å². The zero-order valence-electron chi connectivity index (χ0n) is 12.8. The highest BCUT2D eigenvalue weighted by atomic mass is 19.1. The van der Waals surface area contributed by atoms with Crippen LogP contribution in [0.25, 0.3) is 0 Å². The van der Waals surface area contributed by atoms with Gasteiger partial charge in [0.1, 0.15) is 0 Å². The molecule has 0 aliphatic rings. The summed E-state index contributed by atoms with van der Waals surface area (Å²) in [5.74, 6) is 6.19. The molecule has 0 aliphatic heterocycles. The summed E-state index contributed by atoms with van der Waals surface area (Å²) in [6.45, 7) is 4.34. The van der Waals surface area contributed by atoms with E-state index in [1.165, 1.54) is 7.11 Å². The molecule has 0 saturated carbocycles. The third kappa shape index (κ3) is 4.46. The Kier molecular flexibility index (Phi) is 7.55. The minimum atomic E-state index is -0.276. The van der Waals surface area contributed by atoms with Crippen LogP contribution in [-0.2, 0) is 6.42 Å². The van der Waals surface area contributed by atoms with Gasteiger partial charge in [0.05, 0.1) is 7.11 Å². The van der Waals surface area contributed by atoms with Gasteiger partial charge in [-0.25, -0.2) is 4.39 Å². The van der Waals surface area contributed by atoms with Gasteiger partial charge >= 0.3 is 0 Å². The molecule has 0 spiro atoms. The molecule has 114 valence electrons. The minimum absolute atomic E-state index is 0.0940. The SMILES string of the molecule is CCCC(CCC)C(Cc1cccc(OC)c1F)NN. The number of methoxy groups -OCH3 is 1. The predicted octanol–water partition coefficient (Wildman–Crippen LogP) is 3.43. The molecule has 0 bridgehead atoms. The summed E-state index contributed by atoms with van der Waals surface area (Å²) in [5, 5.41) is 0. The molecular formula is C16H27FN2O. The Labute approximate surface area is 121 Å². The molecule has 0 saturated heterocycles. The van der Waals surface area contributed by atoms with Gasteiger partial charge in [-0.2, -0.15) is 0 Å². The topological polar surface area (TPSA) is 47.3 Å². The Morgan fingerprint density at radius 3 is 2.40 bits per heavy atom. The van der Waals surface area contributed by atoms with Gasteiger partial charge in [0.15, 0.2) is 11.6 Å². The highest BCUT2D eigenvalue weighted by Crippen LogP contribution is 2.25. The van der Waals surface area contributed by atoms with Crippen LogP contribution in [-0.4, -0.2) is 13.2 Å². The Morgan fingerprint density at radius 2 is 1.90 bits per heavy atom. The van der Waals surface area contributed by atoms with E-state index in [1.807, 2.05) is 6.07 Å². The number of ether oxygens (including phenoxy) is 1.